The number of halogens is 3. The van der Waals surface area contributed by atoms with Crippen molar-refractivity contribution in [1.29, 1.82) is 0 Å². The van der Waals surface area contributed by atoms with Gasteiger partial charge in [0.2, 0.25) is 5.91 Å². The highest BCUT2D eigenvalue weighted by Crippen LogP contribution is 2.28. The molecule has 0 aliphatic heterocycles. The lowest BCUT2D eigenvalue weighted by Gasteiger charge is -2.06. The molecule has 0 fully saturated rings. The Labute approximate surface area is 163 Å². The minimum absolute atomic E-state index is 0.179. The Morgan fingerprint density at radius 3 is 2.63 bits per heavy atom. The second-order valence-corrected chi connectivity index (χ2v) is 6.91. The molecule has 1 aromatic carbocycles. The minimum atomic E-state index is -2.71. The highest BCUT2D eigenvalue weighted by molar-refractivity contribution is 9.10. The van der Waals surface area contributed by atoms with E-state index in [1.807, 2.05) is 31.2 Å². The predicted molar refractivity (Wildman–Crippen MR) is 101 cm³/mol. The molecule has 0 unspecified atom stereocenters. The number of aryl methyl sites for hydroxylation is 1. The van der Waals surface area contributed by atoms with Crippen LogP contribution in [-0.4, -0.2) is 25.5 Å². The molecule has 0 atom stereocenters. The van der Waals surface area contributed by atoms with Crippen molar-refractivity contribution >= 4 is 27.7 Å². The third kappa shape index (κ3) is 4.41. The van der Waals surface area contributed by atoms with Crippen LogP contribution in [-0.2, 0) is 17.9 Å². The second kappa shape index (κ2) is 7.99. The molecule has 27 heavy (non-hydrogen) atoms. The summed E-state index contributed by atoms with van der Waals surface area (Å²) < 4.78 is 29.0. The smallest absolute Gasteiger partial charge is 0.283 e. The van der Waals surface area contributed by atoms with Gasteiger partial charge in [0.05, 0.1) is 16.7 Å². The van der Waals surface area contributed by atoms with Crippen LogP contribution in [0.2, 0.25) is 0 Å². The number of aromatic nitrogens is 4. The molecule has 3 aromatic rings. The van der Waals surface area contributed by atoms with Gasteiger partial charge in [0.15, 0.2) is 5.82 Å². The van der Waals surface area contributed by atoms with Gasteiger partial charge in [-0.05, 0) is 40.9 Å². The van der Waals surface area contributed by atoms with Gasteiger partial charge in [-0.3, -0.25) is 14.2 Å². The minimum Gasteiger partial charge on any atom is -0.308 e. The summed E-state index contributed by atoms with van der Waals surface area (Å²) in [4.78, 5) is 12.2. The predicted octanol–water partition coefficient (Wildman–Crippen LogP) is 4.08. The third-order valence-corrected chi connectivity index (χ3v) is 5.14. The first kappa shape index (κ1) is 19.2. The van der Waals surface area contributed by atoms with Crippen LogP contribution in [0.5, 0.6) is 0 Å². The molecule has 6 nitrogen and oxygen atoms in total. The number of nitrogens with zero attached hydrogens (tertiary/aromatic N) is 4. The Balaban J connectivity index is 1.65. The molecule has 0 aliphatic rings. The van der Waals surface area contributed by atoms with Crippen molar-refractivity contribution in [3.05, 3.63) is 63.5 Å². The average Bonchev–Trinajstić information content (AvgIpc) is 3.16. The topological polar surface area (TPSA) is 64.7 Å². The molecule has 0 aliphatic carbocycles. The molecule has 142 valence electrons. The van der Waals surface area contributed by atoms with Gasteiger partial charge in [-0.2, -0.15) is 10.2 Å². The molecule has 0 saturated carbocycles. The number of hydrogen-bond donors (Lipinski definition) is 1. The Bertz CT molecular complexity index is 967. The van der Waals surface area contributed by atoms with Crippen LogP contribution >= 0.6 is 15.9 Å². The van der Waals surface area contributed by atoms with Crippen LogP contribution in [0.3, 0.4) is 0 Å². The van der Waals surface area contributed by atoms with Crippen LogP contribution in [0.25, 0.3) is 0 Å². The number of anilines is 1. The molecule has 0 spiro atoms. The fraction of sp³-hybridized carbons (Fsp3) is 0.278. The number of rotatable bonds is 6. The van der Waals surface area contributed by atoms with E-state index in [0.717, 1.165) is 11.1 Å². The lowest BCUT2D eigenvalue weighted by atomic mass is 10.1. The standard InChI is InChI=1S/C18H18BrF2N5O/c1-11-5-3-4-6-13(11)9-25-8-7-14(23-25)22-15(27)10-26-12(2)16(19)17(24-26)18(20)21/h3-8,18H,9-10H2,1-2H3,(H,22,23,27). The lowest BCUT2D eigenvalue weighted by Crippen LogP contribution is -2.20. The largest absolute Gasteiger partial charge is 0.308 e. The van der Waals surface area contributed by atoms with E-state index in [-0.39, 0.29) is 16.7 Å². The van der Waals surface area contributed by atoms with E-state index in [9.17, 15) is 13.6 Å². The molecule has 0 bridgehead atoms. The third-order valence-electron chi connectivity index (χ3n) is 4.16. The summed E-state index contributed by atoms with van der Waals surface area (Å²) >= 11 is 3.09. The fourth-order valence-electron chi connectivity index (χ4n) is 2.64. The highest BCUT2D eigenvalue weighted by atomic mass is 79.9. The maximum absolute atomic E-state index is 12.9. The van der Waals surface area contributed by atoms with Crippen LogP contribution in [0.15, 0.2) is 41.0 Å². The Hall–Kier alpha value is -2.55. The summed E-state index contributed by atoms with van der Waals surface area (Å²) in [5.41, 5.74) is 2.39. The Morgan fingerprint density at radius 1 is 1.22 bits per heavy atom. The van der Waals surface area contributed by atoms with Crippen molar-refractivity contribution in [2.24, 2.45) is 0 Å². The normalized spacial score (nSPS) is 11.2. The molecule has 9 heteroatoms. The van der Waals surface area contributed by atoms with E-state index in [0.29, 0.717) is 18.1 Å². The quantitative estimate of drug-likeness (QED) is 0.631. The first-order chi connectivity index (χ1) is 12.8. The average molecular weight is 438 g/mol. The zero-order valence-corrected chi connectivity index (χ0v) is 16.4. The van der Waals surface area contributed by atoms with Gasteiger partial charge in [0.1, 0.15) is 12.2 Å². The van der Waals surface area contributed by atoms with Crippen LogP contribution in [0.4, 0.5) is 14.6 Å². The number of carbonyl (C=O) groups excluding carboxylic acids is 1. The number of carbonyl (C=O) groups is 1. The van der Waals surface area contributed by atoms with E-state index in [1.165, 1.54) is 4.68 Å². The molecule has 1 N–H and O–H groups in total. The van der Waals surface area contributed by atoms with Crippen LogP contribution in [0, 0.1) is 13.8 Å². The molecular weight excluding hydrogens is 420 g/mol. The molecule has 0 saturated heterocycles. The number of hydrogen-bond acceptors (Lipinski definition) is 3. The van der Waals surface area contributed by atoms with Gasteiger partial charge in [-0.25, -0.2) is 8.78 Å². The van der Waals surface area contributed by atoms with E-state index in [4.69, 9.17) is 0 Å². The summed E-state index contributed by atoms with van der Waals surface area (Å²) in [6.45, 7) is 4.06. The number of amides is 1. The summed E-state index contributed by atoms with van der Waals surface area (Å²) in [7, 11) is 0. The van der Waals surface area contributed by atoms with Gasteiger partial charge in [-0.1, -0.05) is 24.3 Å². The van der Waals surface area contributed by atoms with E-state index in [2.05, 4.69) is 31.4 Å². The van der Waals surface area contributed by atoms with Gasteiger partial charge >= 0.3 is 0 Å². The van der Waals surface area contributed by atoms with Gasteiger partial charge in [-0.15, -0.1) is 0 Å². The fourth-order valence-corrected chi connectivity index (χ4v) is 3.09. The zero-order valence-electron chi connectivity index (χ0n) is 14.8. The van der Waals surface area contributed by atoms with E-state index < -0.39 is 12.3 Å². The first-order valence-corrected chi connectivity index (χ1v) is 9.03. The first-order valence-electron chi connectivity index (χ1n) is 8.24. The van der Waals surface area contributed by atoms with Gasteiger partial charge in [0.25, 0.3) is 6.43 Å². The van der Waals surface area contributed by atoms with Crippen molar-refractivity contribution in [1.82, 2.24) is 19.6 Å². The SMILES string of the molecule is Cc1ccccc1Cn1ccc(NC(=O)Cn2nc(C(F)F)c(Br)c2C)n1. The van der Waals surface area contributed by atoms with Crippen molar-refractivity contribution in [2.45, 2.75) is 33.4 Å². The maximum Gasteiger partial charge on any atom is 0.283 e. The zero-order chi connectivity index (χ0) is 19.6. The summed E-state index contributed by atoms with van der Waals surface area (Å²) in [5.74, 6) is 0.00148. The van der Waals surface area contributed by atoms with Crippen molar-refractivity contribution in [3.8, 4) is 0 Å². The van der Waals surface area contributed by atoms with Crippen molar-refractivity contribution in [2.75, 3.05) is 5.32 Å². The summed E-state index contributed by atoms with van der Waals surface area (Å²) in [6, 6.07) is 9.68. The molecular formula is C18H18BrF2N5O. The van der Waals surface area contributed by atoms with Gasteiger partial charge < -0.3 is 5.32 Å². The van der Waals surface area contributed by atoms with Crippen LogP contribution < -0.4 is 5.32 Å². The van der Waals surface area contributed by atoms with Crippen molar-refractivity contribution in [3.63, 3.8) is 0 Å². The summed E-state index contributed by atoms with van der Waals surface area (Å²) in [6.07, 6.45) is -0.938. The molecule has 1 amide bonds. The second-order valence-electron chi connectivity index (χ2n) is 6.12. The van der Waals surface area contributed by atoms with Gasteiger partial charge in [0, 0.05) is 12.3 Å². The Kier molecular flexibility index (Phi) is 5.69. The molecule has 2 aromatic heterocycles. The molecule has 2 heterocycles. The molecule has 3 rings (SSSR count). The number of nitrogens with one attached hydrogen (secondary N) is 1. The van der Waals surface area contributed by atoms with Crippen LogP contribution in [0.1, 0.15) is 28.9 Å². The Morgan fingerprint density at radius 2 is 1.96 bits per heavy atom. The lowest BCUT2D eigenvalue weighted by molar-refractivity contribution is -0.117. The van der Waals surface area contributed by atoms with Crippen molar-refractivity contribution < 1.29 is 13.6 Å². The molecule has 0 radical (unpaired) electrons. The maximum atomic E-state index is 12.9. The number of benzene rings is 1. The highest BCUT2D eigenvalue weighted by Gasteiger charge is 2.21. The van der Waals surface area contributed by atoms with E-state index in [1.54, 1.807) is 23.9 Å². The summed E-state index contributed by atoms with van der Waals surface area (Å²) in [5, 5.41) is 10.8. The monoisotopic (exact) mass is 437 g/mol. The van der Waals surface area contributed by atoms with E-state index >= 15 is 0 Å². The number of alkyl halides is 2.